The Morgan fingerprint density at radius 3 is 0.701 bits per heavy atom. The van der Waals surface area contributed by atoms with Gasteiger partial charge in [-0.2, -0.15) is 0 Å². The van der Waals surface area contributed by atoms with E-state index >= 15 is 0 Å². The molecule has 6 heteroatoms. The number of hydrogen-bond donors (Lipinski definition) is 3. The van der Waals surface area contributed by atoms with E-state index in [0.717, 1.165) is 38.5 Å². The lowest BCUT2D eigenvalue weighted by atomic mass is 10.0. The molecule has 0 saturated carbocycles. The van der Waals surface area contributed by atoms with Crippen molar-refractivity contribution < 1.29 is 24.5 Å². The normalized spacial score (nSPS) is 12.4. The zero-order valence-electron chi connectivity index (χ0n) is 59.8. The Bertz CT molecular complexity index is 1280. The zero-order chi connectivity index (χ0) is 62.8. The molecule has 0 saturated heterocycles. The molecule has 1 amide bonds. The minimum atomic E-state index is -0.661. The predicted molar refractivity (Wildman–Crippen MR) is 384 cm³/mol. The van der Waals surface area contributed by atoms with Crippen molar-refractivity contribution in [3.8, 4) is 0 Å². The molecule has 0 aromatic carbocycles. The van der Waals surface area contributed by atoms with Crippen LogP contribution in [0.4, 0.5) is 0 Å². The molecule has 0 radical (unpaired) electrons. The van der Waals surface area contributed by atoms with Gasteiger partial charge in [-0.25, -0.2) is 0 Å². The van der Waals surface area contributed by atoms with Crippen molar-refractivity contribution in [3.05, 3.63) is 0 Å². The van der Waals surface area contributed by atoms with Crippen molar-refractivity contribution >= 4 is 11.9 Å². The maximum Gasteiger partial charge on any atom is 0.305 e. The summed E-state index contributed by atoms with van der Waals surface area (Å²) in [5.41, 5.74) is 0. The molecule has 2 unspecified atom stereocenters. The number of unbranched alkanes of at least 4 members (excludes halogenated alkanes) is 67. The smallest absolute Gasteiger partial charge is 0.305 e. The first-order valence-corrected chi connectivity index (χ1v) is 40.8. The number of ether oxygens (including phenoxy) is 1. The number of carbonyl (C=O) groups is 2. The molecule has 3 N–H and O–H groups in total. The third-order valence-electron chi connectivity index (χ3n) is 19.7. The second-order valence-corrected chi connectivity index (χ2v) is 28.5. The van der Waals surface area contributed by atoms with E-state index in [4.69, 9.17) is 4.74 Å². The molecule has 0 aromatic rings. The van der Waals surface area contributed by atoms with Gasteiger partial charge in [-0.3, -0.25) is 9.59 Å². The van der Waals surface area contributed by atoms with Gasteiger partial charge in [-0.1, -0.05) is 444 Å². The highest BCUT2D eigenvalue weighted by atomic mass is 16.5. The van der Waals surface area contributed by atoms with Crippen molar-refractivity contribution in [2.45, 2.75) is 495 Å². The lowest BCUT2D eigenvalue weighted by Gasteiger charge is -2.22. The van der Waals surface area contributed by atoms with Crippen molar-refractivity contribution in [1.82, 2.24) is 5.32 Å². The summed E-state index contributed by atoms with van der Waals surface area (Å²) in [5.74, 6) is 0.00284. The van der Waals surface area contributed by atoms with E-state index in [-0.39, 0.29) is 18.5 Å². The van der Waals surface area contributed by atoms with Crippen LogP contribution in [0.15, 0.2) is 0 Å². The fourth-order valence-electron chi connectivity index (χ4n) is 13.5. The average molecular weight is 1230 g/mol. The molecule has 0 aliphatic heterocycles. The molecule has 0 aliphatic rings. The van der Waals surface area contributed by atoms with Crippen LogP contribution in [-0.4, -0.2) is 47.4 Å². The van der Waals surface area contributed by atoms with Crippen molar-refractivity contribution in [2.75, 3.05) is 13.2 Å². The first-order chi connectivity index (χ1) is 43.0. The average Bonchev–Trinajstić information content (AvgIpc) is 3.56. The van der Waals surface area contributed by atoms with Crippen LogP contribution >= 0.6 is 0 Å². The molecule has 2 atom stereocenters. The third kappa shape index (κ3) is 73.8. The Morgan fingerprint density at radius 2 is 0.471 bits per heavy atom. The SMILES string of the molecule is CCCCCCCCCCCCCCCCCCCCCCCC(O)C(CO)NC(=O)CCCCCCCCCCCCCCCCCCCCCCCCCCCCCCCCCCCOC(=O)CCCCCCCCCCCCCCCCCC. The largest absolute Gasteiger partial charge is 0.466 e. The minimum absolute atomic E-state index is 0.0239. The summed E-state index contributed by atoms with van der Waals surface area (Å²) in [6, 6.07) is -0.538. The van der Waals surface area contributed by atoms with E-state index in [9.17, 15) is 19.8 Å². The Balaban J connectivity index is 3.30. The van der Waals surface area contributed by atoms with Gasteiger partial charge in [-0.05, 0) is 25.7 Å². The van der Waals surface area contributed by atoms with E-state index in [0.29, 0.717) is 25.9 Å². The van der Waals surface area contributed by atoms with Crippen LogP contribution < -0.4 is 5.32 Å². The molecule has 0 aliphatic carbocycles. The first-order valence-electron chi connectivity index (χ1n) is 40.8. The van der Waals surface area contributed by atoms with Gasteiger partial charge in [0.15, 0.2) is 0 Å². The number of rotatable bonds is 78. The second-order valence-electron chi connectivity index (χ2n) is 28.5. The molecule has 0 fully saturated rings. The Hall–Kier alpha value is -1.14. The molecule has 87 heavy (non-hydrogen) atoms. The molecule has 520 valence electrons. The van der Waals surface area contributed by atoms with Crippen molar-refractivity contribution in [3.63, 3.8) is 0 Å². The maximum atomic E-state index is 12.6. The molecular weight excluding hydrogens is 1070 g/mol. The number of nitrogens with one attached hydrogen (secondary N) is 1. The van der Waals surface area contributed by atoms with Gasteiger partial charge in [0.05, 0.1) is 25.4 Å². The Labute approximate surface area is 547 Å². The van der Waals surface area contributed by atoms with Gasteiger partial charge in [0.1, 0.15) is 0 Å². The van der Waals surface area contributed by atoms with E-state index < -0.39 is 12.1 Å². The lowest BCUT2D eigenvalue weighted by Crippen LogP contribution is -2.45. The number of esters is 1. The third-order valence-corrected chi connectivity index (χ3v) is 19.7. The molecular formula is C81H161NO5. The Morgan fingerprint density at radius 1 is 0.276 bits per heavy atom. The fraction of sp³-hybridized carbons (Fsp3) is 0.975. The van der Waals surface area contributed by atoms with Crippen LogP contribution in [0.25, 0.3) is 0 Å². The van der Waals surface area contributed by atoms with Gasteiger partial charge >= 0.3 is 5.97 Å². The zero-order valence-corrected chi connectivity index (χ0v) is 59.8. The number of amides is 1. The highest BCUT2D eigenvalue weighted by molar-refractivity contribution is 5.76. The van der Waals surface area contributed by atoms with Gasteiger partial charge < -0.3 is 20.3 Å². The fourth-order valence-corrected chi connectivity index (χ4v) is 13.5. The number of hydrogen-bond acceptors (Lipinski definition) is 5. The highest BCUT2D eigenvalue weighted by Gasteiger charge is 2.20. The van der Waals surface area contributed by atoms with Crippen LogP contribution in [0.1, 0.15) is 483 Å². The van der Waals surface area contributed by atoms with Gasteiger partial charge in [0.25, 0.3) is 0 Å². The quantitative estimate of drug-likeness (QED) is 0.0417. The number of carbonyl (C=O) groups excluding carboxylic acids is 2. The van der Waals surface area contributed by atoms with E-state index in [1.165, 1.54) is 411 Å². The van der Waals surface area contributed by atoms with Crippen LogP contribution in [-0.2, 0) is 14.3 Å². The molecule has 0 aromatic heterocycles. The van der Waals surface area contributed by atoms with Crippen LogP contribution in [0, 0.1) is 0 Å². The van der Waals surface area contributed by atoms with Gasteiger partial charge in [-0.15, -0.1) is 0 Å². The standard InChI is InChI=1S/C81H161NO5/c1-3-5-7-9-11-13-15-17-19-21-22-36-39-42-45-49-53-57-61-65-69-73-79(84)78(77-83)82-80(85)74-70-66-62-58-54-50-46-43-40-37-34-32-30-28-26-24-23-25-27-29-31-33-35-38-41-44-48-52-56-60-64-68-72-76-87-81(86)75-71-67-63-59-55-51-47-20-18-16-14-12-10-8-6-4-2/h78-79,83-84H,3-77H2,1-2H3,(H,82,85). The van der Waals surface area contributed by atoms with E-state index in [1.54, 1.807) is 0 Å². The monoisotopic (exact) mass is 1230 g/mol. The van der Waals surface area contributed by atoms with Gasteiger partial charge in [0, 0.05) is 12.8 Å². The molecule has 0 bridgehead atoms. The van der Waals surface area contributed by atoms with E-state index in [1.807, 2.05) is 0 Å². The Kier molecular flexibility index (Phi) is 76.3. The van der Waals surface area contributed by atoms with Crippen LogP contribution in [0.3, 0.4) is 0 Å². The number of aliphatic hydroxyl groups is 2. The van der Waals surface area contributed by atoms with E-state index in [2.05, 4.69) is 19.2 Å². The maximum absolute atomic E-state index is 12.6. The molecule has 0 heterocycles. The predicted octanol–water partition coefficient (Wildman–Crippen LogP) is 26.9. The molecule has 6 nitrogen and oxygen atoms in total. The van der Waals surface area contributed by atoms with Crippen LogP contribution in [0.5, 0.6) is 0 Å². The lowest BCUT2D eigenvalue weighted by molar-refractivity contribution is -0.143. The first kappa shape index (κ1) is 85.9. The topological polar surface area (TPSA) is 95.9 Å². The van der Waals surface area contributed by atoms with Gasteiger partial charge in [0.2, 0.25) is 5.91 Å². The second kappa shape index (κ2) is 77.3. The number of aliphatic hydroxyl groups excluding tert-OH is 2. The molecule has 0 rings (SSSR count). The highest BCUT2D eigenvalue weighted by Crippen LogP contribution is 2.21. The van der Waals surface area contributed by atoms with Crippen LogP contribution in [0.2, 0.25) is 0 Å². The summed E-state index contributed by atoms with van der Waals surface area (Å²) in [4.78, 5) is 24.7. The summed E-state index contributed by atoms with van der Waals surface area (Å²) in [7, 11) is 0. The van der Waals surface area contributed by atoms with Crippen molar-refractivity contribution in [2.24, 2.45) is 0 Å². The minimum Gasteiger partial charge on any atom is -0.466 e. The summed E-state index contributed by atoms with van der Waals surface area (Å²) >= 11 is 0. The van der Waals surface area contributed by atoms with Crippen molar-refractivity contribution in [1.29, 1.82) is 0 Å². The summed E-state index contributed by atoms with van der Waals surface area (Å²) in [6.45, 7) is 5.02. The summed E-state index contributed by atoms with van der Waals surface area (Å²) < 4.78 is 5.51. The molecule has 0 spiro atoms. The summed E-state index contributed by atoms with van der Waals surface area (Å²) in [6.07, 6.45) is 96.4. The summed E-state index contributed by atoms with van der Waals surface area (Å²) in [5, 5.41) is 23.5.